The van der Waals surface area contributed by atoms with Crippen molar-refractivity contribution in [2.45, 2.75) is 39.8 Å². The molecular weight excluding hydrogens is 388 g/mol. The number of hydrogen-bond acceptors (Lipinski definition) is 4. The molecule has 3 rings (SSSR count). The Balaban J connectivity index is 1.89. The van der Waals surface area contributed by atoms with Gasteiger partial charge in [-0.15, -0.1) is 0 Å². The Hall–Kier alpha value is -2.99. The number of nitrogens with one attached hydrogen (secondary N) is 1. The van der Waals surface area contributed by atoms with Gasteiger partial charge in [0.25, 0.3) is 11.5 Å². The van der Waals surface area contributed by atoms with Crippen molar-refractivity contribution >= 4 is 16.7 Å². The van der Waals surface area contributed by atoms with E-state index in [2.05, 4.69) is 46.5 Å². The van der Waals surface area contributed by atoms with Crippen LogP contribution < -0.4 is 10.9 Å². The van der Waals surface area contributed by atoms with E-state index in [4.69, 9.17) is 0 Å². The zero-order valence-corrected chi connectivity index (χ0v) is 19.1. The molecule has 1 amide bonds. The second-order valence-electron chi connectivity index (χ2n) is 8.56. The Morgan fingerprint density at radius 2 is 1.71 bits per heavy atom. The normalized spacial score (nSPS) is 12.5. The van der Waals surface area contributed by atoms with Gasteiger partial charge in [-0.2, -0.15) is 5.10 Å². The van der Waals surface area contributed by atoms with Gasteiger partial charge in [0.05, 0.1) is 11.4 Å². The van der Waals surface area contributed by atoms with Gasteiger partial charge in [0.1, 0.15) is 0 Å². The molecule has 1 unspecified atom stereocenters. The van der Waals surface area contributed by atoms with E-state index >= 15 is 0 Å². The first kappa shape index (κ1) is 22.7. The highest BCUT2D eigenvalue weighted by atomic mass is 16.2. The number of rotatable bonds is 8. The Labute approximate surface area is 183 Å². The fraction of sp³-hybridized carbons (Fsp3) is 0.400. The van der Waals surface area contributed by atoms with Crippen LogP contribution in [0.15, 0.2) is 53.3 Å². The second-order valence-corrected chi connectivity index (χ2v) is 8.56. The van der Waals surface area contributed by atoms with Gasteiger partial charge in [0.2, 0.25) is 0 Å². The van der Waals surface area contributed by atoms with E-state index in [1.807, 2.05) is 40.1 Å². The van der Waals surface area contributed by atoms with Crippen molar-refractivity contribution in [3.05, 3.63) is 75.7 Å². The highest BCUT2D eigenvalue weighted by Gasteiger charge is 2.20. The number of carbonyl (C=O) groups is 1. The minimum Gasteiger partial charge on any atom is -0.349 e. The Bertz CT molecular complexity index is 1100. The molecule has 0 bridgehead atoms. The number of hydrogen-bond donors (Lipinski definition) is 1. The fourth-order valence-electron chi connectivity index (χ4n) is 3.72. The first-order chi connectivity index (χ1) is 14.8. The van der Waals surface area contributed by atoms with E-state index in [1.54, 1.807) is 12.1 Å². The average Bonchev–Trinajstić information content (AvgIpc) is 2.75. The van der Waals surface area contributed by atoms with E-state index in [0.29, 0.717) is 23.9 Å². The van der Waals surface area contributed by atoms with Gasteiger partial charge in [0, 0.05) is 18.5 Å². The van der Waals surface area contributed by atoms with Crippen molar-refractivity contribution in [1.29, 1.82) is 0 Å². The molecule has 1 atom stereocenters. The van der Waals surface area contributed by atoms with Gasteiger partial charge in [0.15, 0.2) is 5.69 Å². The van der Waals surface area contributed by atoms with Crippen molar-refractivity contribution < 1.29 is 4.79 Å². The minimum atomic E-state index is -0.272. The highest BCUT2D eigenvalue weighted by Crippen LogP contribution is 2.19. The maximum absolute atomic E-state index is 13.2. The van der Waals surface area contributed by atoms with Crippen LogP contribution in [0.3, 0.4) is 0 Å². The van der Waals surface area contributed by atoms with Crippen molar-refractivity contribution in [2.24, 2.45) is 5.92 Å². The lowest BCUT2D eigenvalue weighted by atomic mass is 10.0. The first-order valence-corrected chi connectivity index (χ1v) is 10.8. The molecule has 6 nitrogen and oxygen atoms in total. The smallest absolute Gasteiger partial charge is 0.274 e. The quantitative estimate of drug-likeness (QED) is 0.604. The summed E-state index contributed by atoms with van der Waals surface area (Å²) in [5.41, 5.74) is 2.55. The van der Waals surface area contributed by atoms with Crippen LogP contribution in [0.4, 0.5) is 0 Å². The Morgan fingerprint density at radius 3 is 2.29 bits per heavy atom. The van der Waals surface area contributed by atoms with Crippen LogP contribution in [0, 0.1) is 5.92 Å². The van der Waals surface area contributed by atoms with Crippen LogP contribution in [0.1, 0.15) is 48.4 Å². The molecule has 0 aliphatic heterocycles. The third-order valence-corrected chi connectivity index (χ3v) is 5.47. The molecule has 1 aromatic heterocycles. The van der Waals surface area contributed by atoms with E-state index in [0.717, 1.165) is 12.0 Å². The van der Waals surface area contributed by atoms with Gasteiger partial charge in [-0.05, 0) is 43.6 Å². The molecule has 0 saturated carbocycles. The average molecular weight is 421 g/mol. The van der Waals surface area contributed by atoms with Crippen molar-refractivity contribution in [3.8, 4) is 0 Å². The van der Waals surface area contributed by atoms with E-state index in [-0.39, 0.29) is 29.1 Å². The molecule has 0 spiro atoms. The third-order valence-electron chi connectivity index (χ3n) is 5.47. The molecule has 164 valence electrons. The van der Waals surface area contributed by atoms with Gasteiger partial charge in [-0.3, -0.25) is 9.59 Å². The predicted molar refractivity (Wildman–Crippen MR) is 125 cm³/mol. The van der Waals surface area contributed by atoms with E-state index in [1.165, 1.54) is 10.2 Å². The summed E-state index contributed by atoms with van der Waals surface area (Å²) >= 11 is 0. The summed E-state index contributed by atoms with van der Waals surface area (Å²) in [6.45, 7) is 7.09. The van der Waals surface area contributed by atoms with Crippen molar-refractivity contribution in [1.82, 2.24) is 20.0 Å². The molecule has 0 radical (unpaired) electrons. The third kappa shape index (κ3) is 5.20. The summed E-state index contributed by atoms with van der Waals surface area (Å²) in [5.74, 6) is -0.0304. The molecule has 3 aromatic rings. The maximum atomic E-state index is 13.2. The molecule has 1 heterocycles. The lowest BCUT2D eigenvalue weighted by molar-refractivity contribution is 0.0936. The van der Waals surface area contributed by atoms with Crippen LogP contribution >= 0.6 is 0 Å². The fourth-order valence-corrected chi connectivity index (χ4v) is 3.72. The van der Waals surface area contributed by atoms with Gasteiger partial charge in [-0.25, -0.2) is 4.68 Å². The zero-order chi connectivity index (χ0) is 22.5. The molecule has 0 saturated heterocycles. The van der Waals surface area contributed by atoms with Crippen LogP contribution in [-0.2, 0) is 13.0 Å². The monoisotopic (exact) mass is 420 g/mol. The summed E-state index contributed by atoms with van der Waals surface area (Å²) < 4.78 is 1.41. The van der Waals surface area contributed by atoms with Gasteiger partial charge < -0.3 is 10.2 Å². The number of aryl methyl sites for hydroxylation is 1. The first-order valence-electron chi connectivity index (χ1n) is 10.8. The van der Waals surface area contributed by atoms with Crippen LogP contribution in [0.25, 0.3) is 10.8 Å². The van der Waals surface area contributed by atoms with Crippen LogP contribution in [-0.4, -0.2) is 41.2 Å². The summed E-state index contributed by atoms with van der Waals surface area (Å²) in [6.07, 6.45) is 0.995. The lowest BCUT2D eigenvalue weighted by Crippen LogP contribution is -2.36. The Kier molecular flexibility index (Phi) is 7.23. The lowest BCUT2D eigenvalue weighted by Gasteiger charge is -2.25. The topological polar surface area (TPSA) is 67.2 Å². The second kappa shape index (κ2) is 9.88. The maximum Gasteiger partial charge on any atom is 0.274 e. The number of nitrogens with zero attached hydrogens (tertiary/aromatic N) is 3. The standard InChI is InChI=1S/C25H32N4O2/c1-6-18-11-13-19(14-12-18)22(28(4)5)15-26-24(30)23-20-9-7-8-10-21(20)25(31)29(27-23)16-17(2)3/h7-14,17,22H,6,15-16H2,1-5H3,(H,26,30). The highest BCUT2D eigenvalue weighted by molar-refractivity contribution is 6.04. The number of benzene rings is 2. The summed E-state index contributed by atoms with van der Waals surface area (Å²) in [6, 6.07) is 15.7. The molecule has 0 aliphatic carbocycles. The van der Waals surface area contributed by atoms with E-state index in [9.17, 15) is 9.59 Å². The Morgan fingerprint density at radius 1 is 1.06 bits per heavy atom. The minimum absolute atomic E-state index is 0.0303. The summed E-state index contributed by atoms with van der Waals surface area (Å²) in [7, 11) is 4.00. The van der Waals surface area contributed by atoms with Crippen molar-refractivity contribution in [3.63, 3.8) is 0 Å². The molecule has 31 heavy (non-hydrogen) atoms. The molecule has 6 heteroatoms. The SMILES string of the molecule is CCc1ccc(C(CNC(=O)c2nn(CC(C)C)c(=O)c3ccccc23)N(C)C)cc1. The molecular formula is C25H32N4O2. The molecule has 0 aliphatic rings. The number of likely N-dealkylation sites (N-methyl/N-ethyl adjacent to an activating group) is 1. The summed E-state index contributed by atoms with van der Waals surface area (Å²) in [4.78, 5) is 28.0. The predicted octanol–water partition coefficient (Wildman–Crippen LogP) is 3.65. The zero-order valence-electron chi connectivity index (χ0n) is 19.1. The molecule has 1 N–H and O–H groups in total. The molecule has 0 fully saturated rings. The largest absolute Gasteiger partial charge is 0.349 e. The van der Waals surface area contributed by atoms with E-state index < -0.39 is 0 Å². The van der Waals surface area contributed by atoms with Crippen LogP contribution in [0.2, 0.25) is 0 Å². The van der Waals surface area contributed by atoms with Crippen LogP contribution in [0.5, 0.6) is 0 Å². The van der Waals surface area contributed by atoms with Gasteiger partial charge >= 0.3 is 0 Å². The van der Waals surface area contributed by atoms with Crippen molar-refractivity contribution in [2.75, 3.05) is 20.6 Å². The van der Waals surface area contributed by atoms with Gasteiger partial charge in [-0.1, -0.05) is 63.2 Å². The number of fused-ring (bicyclic) bond motifs is 1. The summed E-state index contributed by atoms with van der Waals surface area (Å²) in [5, 5.41) is 8.58. The number of carbonyl (C=O) groups excluding carboxylic acids is 1. The number of amides is 1. The number of aromatic nitrogens is 2. The molecule has 2 aromatic carbocycles.